The first-order chi connectivity index (χ1) is 14.2. The smallest absolute Gasteiger partial charge is 0.231 e. The number of ketones is 1. The topological polar surface area (TPSA) is 57.7 Å². The maximum absolute atomic E-state index is 13.2. The summed E-state index contributed by atoms with van der Waals surface area (Å²) < 4.78 is 16.3. The highest BCUT2D eigenvalue weighted by atomic mass is 16.7. The number of rotatable bonds is 6. The van der Waals surface area contributed by atoms with Gasteiger partial charge in [-0.05, 0) is 54.8 Å². The fraction of sp³-hybridized carbons (Fsp3) is 0.250. The predicted octanol–water partition coefficient (Wildman–Crippen LogP) is 4.33. The molecule has 0 N–H and O–H groups in total. The first kappa shape index (κ1) is 17.7. The van der Waals surface area contributed by atoms with Crippen LogP contribution in [0.4, 0.5) is 0 Å². The average molecular weight is 387 g/mol. The number of carbonyl (C=O) groups is 1. The van der Waals surface area contributed by atoms with Crippen molar-refractivity contribution in [2.45, 2.75) is 24.7 Å². The number of carbonyl (C=O) groups excluding carboxylic acids is 1. The zero-order valence-electron chi connectivity index (χ0n) is 16.2. The van der Waals surface area contributed by atoms with E-state index in [0.29, 0.717) is 6.42 Å². The van der Waals surface area contributed by atoms with Gasteiger partial charge in [0, 0.05) is 17.7 Å². The molecule has 1 fully saturated rings. The molecule has 0 saturated heterocycles. The molecule has 2 aromatic carbocycles. The fourth-order valence-corrected chi connectivity index (χ4v) is 3.97. The lowest BCUT2D eigenvalue weighted by atomic mass is 9.88. The molecule has 0 bridgehead atoms. The van der Waals surface area contributed by atoms with Gasteiger partial charge in [-0.2, -0.15) is 0 Å². The van der Waals surface area contributed by atoms with Gasteiger partial charge in [-0.1, -0.05) is 24.3 Å². The van der Waals surface area contributed by atoms with E-state index in [0.717, 1.165) is 52.6 Å². The molecule has 1 aliphatic heterocycles. The summed E-state index contributed by atoms with van der Waals surface area (Å²) in [7, 11) is 1.65. The van der Waals surface area contributed by atoms with E-state index >= 15 is 0 Å². The number of nitrogens with zero attached hydrogens (tertiary/aromatic N) is 1. The van der Waals surface area contributed by atoms with E-state index in [1.807, 2.05) is 60.7 Å². The van der Waals surface area contributed by atoms with Crippen molar-refractivity contribution >= 4 is 5.78 Å². The van der Waals surface area contributed by atoms with Gasteiger partial charge in [0.2, 0.25) is 6.79 Å². The monoisotopic (exact) mass is 387 g/mol. The van der Waals surface area contributed by atoms with Crippen LogP contribution in [0.15, 0.2) is 60.7 Å². The Morgan fingerprint density at radius 3 is 2.69 bits per heavy atom. The van der Waals surface area contributed by atoms with Gasteiger partial charge in [0.1, 0.15) is 11.5 Å². The van der Waals surface area contributed by atoms with Crippen molar-refractivity contribution in [3.63, 3.8) is 0 Å². The number of Topliss-reactive ketones (excluding diaryl/α,β-unsaturated/α-hetero) is 1. The molecule has 0 spiro atoms. The molecule has 29 heavy (non-hydrogen) atoms. The number of aromatic nitrogens is 1. The third-order valence-corrected chi connectivity index (χ3v) is 5.74. The van der Waals surface area contributed by atoms with Gasteiger partial charge in [-0.3, -0.25) is 9.78 Å². The molecule has 0 atom stereocenters. The summed E-state index contributed by atoms with van der Waals surface area (Å²) in [4.78, 5) is 18.0. The Bertz CT molecular complexity index is 1090. The van der Waals surface area contributed by atoms with Crippen molar-refractivity contribution in [2.24, 2.45) is 0 Å². The van der Waals surface area contributed by atoms with Crippen LogP contribution in [-0.2, 0) is 16.6 Å². The standard InChI is InChI=1S/C24H21NO4/c1-27-20-8-3-2-6-18(20)19-7-4-5-17(25-19)14-23(26)24(11-12-24)16-9-10-21-22(13-16)29-15-28-21/h2-10,13H,11-12,14-15H2,1H3. The van der Waals surface area contributed by atoms with E-state index in [1.165, 1.54) is 0 Å². The highest BCUT2D eigenvalue weighted by Gasteiger charge is 2.50. The summed E-state index contributed by atoms with van der Waals surface area (Å²) in [6, 6.07) is 19.4. The fourth-order valence-electron chi connectivity index (χ4n) is 3.97. The molecule has 1 aromatic heterocycles. The molecule has 0 radical (unpaired) electrons. The molecular weight excluding hydrogens is 366 g/mol. The summed E-state index contributed by atoms with van der Waals surface area (Å²) in [5.74, 6) is 2.42. The van der Waals surface area contributed by atoms with E-state index in [-0.39, 0.29) is 12.6 Å². The normalized spacial score (nSPS) is 15.8. The van der Waals surface area contributed by atoms with Gasteiger partial charge in [0.25, 0.3) is 0 Å². The zero-order valence-corrected chi connectivity index (χ0v) is 16.2. The van der Waals surface area contributed by atoms with Crippen LogP contribution in [0.25, 0.3) is 11.3 Å². The first-order valence-corrected chi connectivity index (χ1v) is 9.72. The maximum atomic E-state index is 13.2. The summed E-state index contributed by atoms with van der Waals surface area (Å²) in [6.07, 6.45) is 2.02. The average Bonchev–Trinajstić information content (AvgIpc) is 3.45. The molecular formula is C24H21NO4. The SMILES string of the molecule is COc1ccccc1-c1cccc(CC(=O)C2(c3ccc4c(c3)OCO4)CC2)n1. The molecule has 0 amide bonds. The number of ether oxygens (including phenoxy) is 3. The second kappa shape index (κ2) is 6.92. The lowest BCUT2D eigenvalue weighted by Crippen LogP contribution is -2.23. The molecule has 146 valence electrons. The number of benzene rings is 2. The van der Waals surface area contributed by atoms with Crippen LogP contribution in [0.3, 0.4) is 0 Å². The largest absolute Gasteiger partial charge is 0.496 e. The Labute approximate surface area is 169 Å². The number of hydrogen-bond donors (Lipinski definition) is 0. The van der Waals surface area contributed by atoms with Crippen molar-refractivity contribution in [2.75, 3.05) is 13.9 Å². The van der Waals surface area contributed by atoms with Crippen LogP contribution in [0.2, 0.25) is 0 Å². The van der Waals surface area contributed by atoms with Crippen molar-refractivity contribution in [1.82, 2.24) is 4.98 Å². The lowest BCUT2D eigenvalue weighted by Gasteiger charge is -2.15. The van der Waals surface area contributed by atoms with Crippen LogP contribution in [0, 0.1) is 0 Å². The van der Waals surface area contributed by atoms with Crippen LogP contribution >= 0.6 is 0 Å². The van der Waals surface area contributed by atoms with Crippen LogP contribution in [-0.4, -0.2) is 24.7 Å². The van der Waals surface area contributed by atoms with Crippen LogP contribution in [0.5, 0.6) is 17.2 Å². The molecule has 2 aliphatic rings. The van der Waals surface area contributed by atoms with Gasteiger partial charge >= 0.3 is 0 Å². The summed E-state index contributed by atoms with van der Waals surface area (Å²) in [5.41, 5.74) is 3.07. The van der Waals surface area contributed by atoms with Gasteiger partial charge in [0.05, 0.1) is 18.2 Å². The highest BCUT2D eigenvalue weighted by molar-refractivity contribution is 5.94. The quantitative estimate of drug-likeness (QED) is 0.630. The Morgan fingerprint density at radius 1 is 1.03 bits per heavy atom. The minimum Gasteiger partial charge on any atom is -0.496 e. The van der Waals surface area contributed by atoms with E-state index in [1.54, 1.807) is 7.11 Å². The van der Waals surface area contributed by atoms with Crippen LogP contribution < -0.4 is 14.2 Å². The Balaban J connectivity index is 1.40. The highest BCUT2D eigenvalue weighted by Crippen LogP contribution is 2.51. The third-order valence-electron chi connectivity index (χ3n) is 5.74. The number of para-hydroxylation sites is 1. The van der Waals surface area contributed by atoms with Crippen molar-refractivity contribution < 1.29 is 19.0 Å². The Hall–Kier alpha value is -3.34. The number of fused-ring (bicyclic) bond motifs is 1. The van der Waals surface area contributed by atoms with E-state index < -0.39 is 5.41 Å². The minimum absolute atomic E-state index is 0.195. The molecule has 2 heterocycles. The summed E-state index contributed by atoms with van der Waals surface area (Å²) >= 11 is 0. The second-order valence-electron chi connectivity index (χ2n) is 7.46. The van der Waals surface area contributed by atoms with Crippen molar-refractivity contribution in [3.05, 3.63) is 71.9 Å². The van der Waals surface area contributed by atoms with Crippen molar-refractivity contribution in [1.29, 1.82) is 0 Å². The Morgan fingerprint density at radius 2 is 1.86 bits per heavy atom. The molecule has 5 heteroatoms. The summed E-state index contributed by atoms with van der Waals surface area (Å²) in [5, 5.41) is 0. The van der Waals surface area contributed by atoms with Gasteiger partial charge in [-0.15, -0.1) is 0 Å². The first-order valence-electron chi connectivity index (χ1n) is 9.72. The molecule has 1 saturated carbocycles. The second-order valence-corrected chi connectivity index (χ2v) is 7.46. The molecule has 5 rings (SSSR count). The van der Waals surface area contributed by atoms with E-state index in [9.17, 15) is 4.79 Å². The number of hydrogen-bond acceptors (Lipinski definition) is 5. The third kappa shape index (κ3) is 3.12. The van der Waals surface area contributed by atoms with Crippen molar-refractivity contribution in [3.8, 4) is 28.5 Å². The van der Waals surface area contributed by atoms with E-state index in [4.69, 9.17) is 19.2 Å². The van der Waals surface area contributed by atoms with Crippen LogP contribution in [0.1, 0.15) is 24.1 Å². The van der Waals surface area contributed by atoms with Gasteiger partial charge < -0.3 is 14.2 Å². The van der Waals surface area contributed by atoms with E-state index in [2.05, 4.69) is 0 Å². The maximum Gasteiger partial charge on any atom is 0.231 e. The minimum atomic E-state index is -0.427. The molecule has 1 aliphatic carbocycles. The summed E-state index contributed by atoms with van der Waals surface area (Å²) in [6.45, 7) is 0.236. The molecule has 3 aromatic rings. The van der Waals surface area contributed by atoms with Gasteiger partial charge in [-0.25, -0.2) is 0 Å². The van der Waals surface area contributed by atoms with Gasteiger partial charge in [0.15, 0.2) is 11.5 Å². The number of pyridine rings is 1. The Kier molecular flexibility index (Phi) is 4.23. The lowest BCUT2D eigenvalue weighted by molar-refractivity contribution is -0.120. The molecule has 0 unspecified atom stereocenters. The predicted molar refractivity (Wildman–Crippen MR) is 108 cm³/mol. The number of methoxy groups -OCH3 is 1. The molecule has 5 nitrogen and oxygen atoms in total. The zero-order chi connectivity index (χ0) is 19.8.